The van der Waals surface area contributed by atoms with Crippen LogP contribution in [0.25, 0.3) is 11.1 Å². The fourth-order valence-corrected chi connectivity index (χ4v) is 4.87. The Hall–Kier alpha value is -3.62. The van der Waals surface area contributed by atoms with Gasteiger partial charge in [-0.3, -0.25) is 0 Å². The third kappa shape index (κ3) is 5.45. The van der Waals surface area contributed by atoms with E-state index in [2.05, 4.69) is 32.7 Å². The number of amides is 2. The van der Waals surface area contributed by atoms with Crippen LogP contribution in [0.4, 0.5) is 16.3 Å². The molecule has 36 heavy (non-hydrogen) atoms. The van der Waals surface area contributed by atoms with Crippen LogP contribution in [0.3, 0.4) is 0 Å². The van der Waals surface area contributed by atoms with Gasteiger partial charge in [0.25, 0.3) is 0 Å². The average molecular weight is 489 g/mol. The molecule has 1 aliphatic heterocycles. The summed E-state index contributed by atoms with van der Waals surface area (Å²) in [6.45, 7) is 4.93. The van der Waals surface area contributed by atoms with Crippen LogP contribution < -0.4 is 20.3 Å². The third-order valence-electron chi connectivity index (χ3n) is 6.71. The molecule has 2 amide bonds. The number of carbonyl (C=O) groups is 1. The second kappa shape index (κ2) is 11.0. The standard InChI is InChI=1S/C28H32N4O4/c1-19-6-8-22(29-28(34)30-25-9-7-20-4-2-3-5-23(20)25)18-24(19)21-16-26(32-10-13-35-14-11-32)31-27(17-21)36-15-12-33/h2-6,8,16-18,25,33H,7,9-15H2,1H3,(H2,29,30,34)/t25-/m0/s1. The molecule has 0 radical (unpaired) electrons. The summed E-state index contributed by atoms with van der Waals surface area (Å²) in [5.74, 6) is 1.26. The molecular weight excluding hydrogens is 456 g/mol. The van der Waals surface area contributed by atoms with Gasteiger partial charge in [0.2, 0.25) is 5.88 Å². The fraction of sp³-hybridized carbons (Fsp3) is 0.357. The highest BCUT2D eigenvalue weighted by molar-refractivity contribution is 5.91. The zero-order chi connectivity index (χ0) is 24.9. The van der Waals surface area contributed by atoms with Crippen LogP contribution in [0.1, 0.15) is 29.2 Å². The average Bonchev–Trinajstić information content (AvgIpc) is 3.31. The molecule has 1 fully saturated rings. The van der Waals surface area contributed by atoms with Crippen LogP contribution in [-0.2, 0) is 11.2 Å². The lowest BCUT2D eigenvalue weighted by atomic mass is 10.0. The van der Waals surface area contributed by atoms with Crippen LogP contribution in [0, 0.1) is 6.92 Å². The Labute approximate surface area is 211 Å². The molecule has 5 rings (SSSR count). The maximum absolute atomic E-state index is 12.8. The summed E-state index contributed by atoms with van der Waals surface area (Å²) in [6, 6.07) is 17.9. The number of urea groups is 1. The summed E-state index contributed by atoms with van der Waals surface area (Å²) in [5, 5.41) is 15.4. The van der Waals surface area contributed by atoms with Crippen molar-refractivity contribution in [3.63, 3.8) is 0 Å². The Kier molecular flexibility index (Phi) is 7.34. The first-order chi connectivity index (χ1) is 17.6. The largest absolute Gasteiger partial charge is 0.475 e. The van der Waals surface area contributed by atoms with E-state index in [1.165, 1.54) is 11.1 Å². The minimum Gasteiger partial charge on any atom is -0.475 e. The summed E-state index contributed by atoms with van der Waals surface area (Å²) in [6.07, 6.45) is 1.88. The van der Waals surface area contributed by atoms with Gasteiger partial charge < -0.3 is 30.1 Å². The SMILES string of the molecule is Cc1ccc(NC(=O)N[C@H]2CCc3ccccc32)cc1-c1cc(OCCO)nc(N2CCOCC2)c1. The number of morpholine rings is 1. The number of aromatic nitrogens is 1. The van der Waals surface area contributed by atoms with Crippen molar-refractivity contribution in [2.75, 3.05) is 49.7 Å². The van der Waals surface area contributed by atoms with E-state index in [-0.39, 0.29) is 25.3 Å². The molecule has 1 atom stereocenters. The number of carbonyl (C=O) groups excluding carboxylic acids is 1. The van der Waals surface area contributed by atoms with Crippen molar-refractivity contribution in [3.05, 3.63) is 71.3 Å². The highest BCUT2D eigenvalue weighted by Crippen LogP contribution is 2.33. The smallest absolute Gasteiger partial charge is 0.319 e. The monoisotopic (exact) mass is 488 g/mol. The topological polar surface area (TPSA) is 96.0 Å². The molecule has 8 heteroatoms. The molecule has 1 aliphatic carbocycles. The van der Waals surface area contributed by atoms with Gasteiger partial charge in [-0.25, -0.2) is 4.79 Å². The first-order valence-corrected chi connectivity index (χ1v) is 12.5. The Balaban J connectivity index is 1.37. The van der Waals surface area contributed by atoms with Crippen LogP contribution in [0.15, 0.2) is 54.6 Å². The summed E-state index contributed by atoms with van der Waals surface area (Å²) in [5.41, 5.74) is 6.18. The van der Waals surface area contributed by atoms with E-state index in [1.807, 2.05) is 49.4 Å². The van der Waals surface area contributed by atoms with Gasteiger partial charge in [0.1, 0.15) is 12.4 Å². The molecular formula is C28H32N4O4. The molecule has 2 aliphatic rings. The maximum atomic E-state index is 12.8. The van der Waals surface area contributed by atoms with Crippen molar-refractivity contribution in [1.82, 2.24) is 10.3 Å². The number of hydrogen-bond acceptors (Lipinski definition) is 6. The number of nitrogens with one attached hydrogen (secondary N) is 2. The molecule has 3 aromatic rings. The van der Waals surface area contributed by atoms with E-state index in [1.54, 1.807) is 0 Å². The number of aryl methyl sites for hydroxylation is 2. The van der Waals surface area contributed by atoms with E-state index in [4.69, 9.17) is 9.47 Å². The number of rotatable bonds is 7. The zero-order valence-electron chi connectivity index (χ0n) is 20.5. The van der Waals surface area contributed by atoms with Gasteiger partial charge in [0.05, 0.1) is 25.9 Å². The first-order valence-electron chi connectivity index (χ1n) is 12.5. The molecule has 0 unspecified atom stereocenters. The Morgan fingerprint density at radius 1 is 1.17 bits per heavy atom. The highest BCUT2D eigenvalue weighted by atomic mass is 16.5. The van der Waals surface area contributed by atoms with Gasteiger partial charge in [-0.15, -0.1) is 0 Å². The molecule has 0 bridgehead atoms. The van der Waals surface area contributed by atoms with Crippen molar-refractivity contribution < 1.29 is 19.4 Å². The van der Waals surface area contributed by atoms with Crippen LogP contribution >= 0.6 is 0 Å². The number of benzene rings is 2. The number of ether oxygens (including phenoxy) is 2. The molecule has 188 valence electrons. The quantitative estimate of drug-likeness (QED) is 0.464. The Bertz CT molecular complexity index is 1230. The number of pyridine rings is 1. The number of anilines is 2. The molecule has 8 nitrogen and oxygen atoms in total. The molecule has 0 spiro atoms. The second-order valence-electron chi connectivity index (χ2n) is 9.14. The van der Waals surface area contributed by atoms with E-state index >= 15 is 0 Å². The van der Waals surface area contributed by atoms with Gasteiger partial charge in [-0.05, 0) is 65.8 Å². The predicted molar refractivity (Wildman–Crippen MR) is 140 cm³/mol. The minimum atomic E-state index is -0.220. The number of nitrogens with zero attached hydrogens (tertiary/aromatic N) is 2. The van der Waals surface area contributed by atoms with Crippen molar-refractivity contribution in [2.24, 2.45) is 0 Å². The second-order valence-corrected chi connectivity index (χ2v) is 9.14. The maximum Gasteiger partial charge on any atom is 0.319 e. The minimum absolute atomic E-state index is 0.0219. The predicted octanol–water partition coefficient (Wildman–Crippen LogP) is 4.07. The van der Waals surface area contributed by atoms with Gasteiger partial charge in [-0.2, -0.15) is 4.98 Å². The molecule has 0 saturated carbocycles. The Morgan fingerprint density at radius 2 is 2.00 bits per heavy atom. The molecule has 2 aromatic carbocycles. The van der Waals surface area contributed by atoms with Crippen LogP contribution in [-0.4, -0.2) is 55.6 Å². The first kappa shape index (κ1) is 24.1. The molecule has 2 heterocycles. The fourth-order valence-electron chi connectivity index (χ4n) is 4.87. The summed E-state index contributed by atoms with van der Waals surface area (Å²) >= 11 is 0. The van der Waals surface area contributed by atoms with Gasteiger partial charge in [0, 0.05) is 24.8 Å². The van der Waals surface area contributed by atoms with Crippen molar-refractivity contribution in [2.45, 2.75) is 25.8 Å². The van der Waals surface area contributed by atoms with Crippen LogP contribution in [0.2, 0.25) is 0 Å². The lowest BCUT2D eigenvalue weighted by Gasteiger charge is -2.28. The molecule has 3 N–H and O–H groups in total. The number of hydrogen-bond donors (Lipinski definition) is 3. The van der Waals surface area contributed by atoms with Gasteiger partial charge >= 0.3 is 6.03 Å². The van der Waals surface area contributed by atoms with Gasteiger partial charge in [0.15, 0.2) is 0 Å². The van der Waals surface area contributed by atoms with E-state index in [0.717, 1.165) is 48.4 Å². The summed E-state index contributed by atoms with van der Waals surface area (Å²) in [4.78, 5) is 19.7. The summed E-state index contributed by atoms with van der Waals surface area (Å²) < 4.78 is 11.2. The van der Waals surface area contributed by atoms with Crippen LogP contribution in [0.5, 0.6) is 5.88 Å². The van der Waals surface area contributed by atoms with Crippen molar-refractivity contribution in [1.29, 1.82) is 0 Å². The van der Waals surface area contributed by atoms with Crippen molar-refractivity contribution >= 4 is 17.5 Å². The van der Waals surface area contributed by atoms with E-state index < -0.39 is 0 Å². The highest BCUT2D eigenvalue weighted by Gasteiger charge is 2.23. The van der Waals surface area contributed by atoms with Gasteiger partial charge in [-0.1, -0.05) is 30.3 Å². The number of aliphatic hydroxyl groups is 1. The number of aliphatic hydroxyl groups excluding tert-OH is 1. The lowest BCUT2D eigenvalue weighted by molar-refractivity contribution is 0.122. The van der Waals surface area contributed by atoms with E-state index in [0.29, 0.717) is 24.8 Å². The third-order valence-corrected chi connectivity index (χ3v) is 6.71. The normalized spacial score (nSPS) is 16.9. The number of fused-ring (bicyclic) bond motifs is 1. The van der Waals surface area contributed by atoms with E-state index in [9.17, 15) is 9.90 Å². The molecule has 1 aromatic heterocycles. The molecule has 1 saturated heterocycles. The Morgan fingerprint density at radius 3 is 2.83 bits per heavy atom. The lowest BCUT2D eigenvalue weighted by Crippen LogP contribution is -2.36. The van der Waals surface area contributed by atoms with Crippen molar-refractivity contribution in [3.8, 4) is 17.0 Å². The zero-order valence-corrected chi connectivity index (χ0v) is 20.5. The summed E-state index contributed by atoms with van der Waals surface area (Å²) in [7, 11) is 0.